The number of carbonyl (C=O) groups is 4. The first kappa shape index (κ1) is 85.1. The van der Waals surface area contributed by atoms with Crippen molar-refractivity contribution in [1.82, 2.24) is 0 Å². The lowest BCUT2D eigenvalue weighted by Gasteiger charge is -2.21. The van der Waals surface area contributed by atoms with Crippen LogP contribution in [0.4, 0.5) is 0 Å². The summed E-state index contributed by atoms with van der Waals surface area (Å²) in [4.78, 5) is 72.4. The van der Waals surface area contributed by atoms with E-state index in [2.05, 4.69) is 55.4 Å². The number of carbonyl (C=O) groups excluding carboxylic acids is 4. The average Bonchev–Trinajstić information content (AvgIpc) is 3.70. The summed E-state index contributed by atoms with van der Waals surface area (Å²) in [7, 11) is -9.90. The smallest absolute Gasteiger partial charge is 0.462 e. The Balaban J connectivity index is 5.25. The van der Waals surface area contributed by atoms with Gasteiger partial charge in [0.2, 0.25) is 0 Å². The minimum atomic E-state index is -4.95. The van der Waals surface area contributed by atoms with Crippen LogP contribution in [-0.2, 0) is 65.4 Å². The number of hydrogen-bond donors (Lipinski definition) is 3. The van der Waals surface area contributed by atoms with Gasteiger partial charge in [-0.3, -0.25) is 37.3 Å². The fourth-order valence-corrected chi connectivity index (χ4v) is 11.7. The molecule has 0 aliphatic heterocycles. The van der Waals surface area contributed by atoms with Crippen LogP contribution < -0.4 is 0 Å². The lowest BCUT2D eigenvalue weighted by atomic mass is 10.00. The Bertz CT molecular complexity index is 1730. The van der Waals surface area contributed by atoms with Gasteiger partial charge in [-0.05, 0) is 49.4 Å². The summed E-state index contributed by atoms with van der Waals surface area (Å²) < 4.78 is 68.2. The minimum absolute atomic E-state index is 0.101. The van der Waals surface area contributed by atoms with Crippen molar-refractivity contribution in [3.63, 3.8) is 0 Å². The molecule has 0 rings (SSSR count). The summed E-state index contributed by atoms with van der Waals surface area (Å²) in [5.41, 5.74) is 0. The molecule has 0 saturated carbocycles. The van der Waals surface area contributed by atoms with Gasteiger partial charge in [0.15, 0.2) is 12.2 Å². The van der Waals surface area contributed by atoms with Crippen LogP contribution in [0.25, 0.3) is 0 Å². The zero-order valence-electron chi connectivity index (χ0n) is 56.6. The molecule has 516 valence electrons. The summed E-state index contributed by atoms with van der Waals surface area (Å²) in [6.45, 7) is 14.0. The Morgan fingerprint density at radius 2 is 0.552 bits per heavy atom. The molecule has 0 amide bonds. The number of phosphoric ester groups is 2. The molecule has 0 fully saturated rings. The van der Waals surface area contributed by atoms with Gasteiger partial charge < -0.3 is 33.8 Å². The Kier molecular flexibility index (Phi) is 56.6. The highest BCUT2D eigenvalue weighted by Crippen LogP contribution is 2.45. The van der Waals surface area contributed by atoms with Crippen molar-refractivity contribution in [2.24, 2.45) is 23.7 Å². The molecule has 17 nitrogen and oxygen atoms in total. The van der Waals surface area contributed by atoms with E-state index in [1.807, 2.05) is 0 Å². The first-order valence-corrected chi connectivity index (χ1v) is 38.3. The summed E-state index contributed by atoms with van der Waals surface area (Å²) in [5.74, 6) is 0.833. The fourth-order valence-electron chi connectivity index (χ4n) is 10.1. The van der Waals surface area contributed by atoms with Crippen molar-refractivity contribution >= 4 is 39.5 Å². The van der Waals surface area contributed by atoms with E-state index in [0.717, 1.165) is 120 Å². The van der Waals surface area contributed by atoms with Crippen molar-refractivity contribution in [1.29, 1.82) is 0 Å². The van der Waals surface area contributed by atoms with Crippen LogP contribution in [0.1, 0.15) is 331 Å². The fraction of sp³-hybridized carbons (Fsp3) is 0.941. The predicted molar refractivity (Wildman–Crippen MR) is 349 cm³/mol. The molecule has 0 radical (unpaired) electrons. The predicted octanol–water partition coefficient (Wildman–Crippen LogP) is 18.9. The van der Waals surface area contributed by atoms with E-state index in [1.165, 1.54) is 128 Å². The van der Waals surface area contributed by atoms with Gasteiger partial charge in [-0.15, -0.1) is 0 Å². The summed E-state index contributed by atoms with van der Waals surface area (Å²) in [6, 6.07) is 0. The Labute approximate surface area is 530 Å². The van der Waals surface area contributed by atoms with Gasteiger partial charge in [-0.2, -0.15) is 0 Å². The molecule has 0 bridgehead atoms. The first-order chi connectivity index (χ1) is 41.7. The minimum Gasteiger partial charge on any atom is -0.462 e. The highest BCUT2D eigenvalue weighted by molar-refractivity contribution is 7.47. The third kappa shape index (κ3) is 60.1. The Morgan fingerprint density at radius 1 is 0.322 bits per heavy atom. The van der Waals surface area contributed by atoms with Gasteiger partial charge in [0, 0.05) is 25.7 Å². The maximum absolute atomic E-state index is 13.0. The molecule has 0 aromatic rings. The molecule has 87 heavy (non-hydrogen) atoms. The second kappa shape index (κ2) is 57.9. The summed E-state index contributed by atoms with van der Waals surface area (Å²) >= 11 is 0. The van der Waals surface area contributed by atoms with E-state index in [4.69, 9.17) is 37.0 Å². The number of phosphoric acid groups is 2. The maximum Gasteiger partial charge on any atom is 0.472 e. The van der Waals surface area contributed by atoms with E-state index < -0.39 is 97.5 Å². The first-order valence-electron chi connectivity index (χ1n) is 35.3. The van der Waals surface area contributed by atoms with Gasteiger partial charge >= 0.3 is 39.5 Å². The van der Waals surface area contributed by atoms with Crippen LogP contribution >= 0.6 is 15.6 Å². The second-order valence-corrected chi connectivity index (χ2v) is 28.9. The molecule has 0 aliphatic rings. The van der Waals surface area contributed by atoms with Crippen molar-refractivity contribution in [3.8, 4) is 0 Å². The topological polar surface area (TPSA) is 237 Å². The zero-order valence-corrected chi connectivity index (χ0v) is 58.4. The monoisotopic (exact) mass is 1280 g/mol. The molecule has 7 atom stereocenters. The van der Waals surface area contributed by atoms with E-state index in [9.17, 15) is 43.2 Å². The lowest BCUT2D eigenvalue weighted by Crippen LogP contribution is -2.30. The molecular formula is C68H132O17P2. The van der Waals surface area contributed by atoms with E-state index in [0.29, 0.717) is 25.7 Å². The number of aliphatic hydroxyl groups is 1. The number of aliphatic hydroxyl groups excluding tert-OH is 1. The van der Waals surface area contributed by atoms with Crippen LogP contribution in [0, 0.1) is 23.7 Å². The Morgan fingerprint density at radius 3 is 0.816 bits per heavy atom. The number of unbranched alkanes of at least 4 members (excludes halogenated alkanes) is 29. The van der Waals surface area contributed by atoms with Gasteiger partial charge in [-0.1, -0.05) is 280 Å². The van der Waals surface area contributed by atoms with Gasteiger partial charge in [0.25, 0.3) is 0 Å². The highest BCUT2D eigenvalue weighted by Gasteiger charge is 2.30. The average molecular weight is 1280 g/mol. The third-order valence-corrected chi connectivity index (χ3v) is 18.2. The normalized spacial score (nSPS) is 15.0. The SMILES string of the molecule is CCC(C)CCCCCCCCC(=O)OC[C@H](COP(=O)(O)OC[C@H](O)COP(=O)(O)OC[C@@H](COC(=O)CCCCCCCCCCCCCCC(C)C)OC(=O)CCCCCCCCCCCC(C)C)OC(=O)CCCCCCCCC(C)CC. The molecule has 0 aromatic carbocycles. The zero-order chi connectivity index (χ0) is 64.7. The summed E-state index contributed by atoms with van der Waals surface area (Å²) in [6.07, 6.45) is 39.0. The lowest BCUT2D eigenvalue weighted by molar-refractivity contribution is -0.161. The van der Waals surface area contributed by atoms with E-state index in [1.54, 1.807) is 0 Å². The molecule has 19 heteroatoms. The third-order valence-electron chi connectivity index (χ3n) is 16.3. The van der Waals surface area contributed by atoms with Gasteiger partial charge in [0.1, 0.15) is 19.3 Å². The van der Waals surface area contributed by atoms with Crippen molar-refractivity contribution in [2.45, 2.75) is 350 Å². The molecule has 0 spiro atoms. The van der Waals surface area contributed by atoms with Gasteiger partial charge in [-0.25, -0.2) is 9.13 Å². The quantitative estimate of drug-likeness (QED) is 0.0222. The Hall–Kier alpha value is -1.94. The van der Waals surface area contributed by atoms with Crippen LogP contribution in [0.2, 0.25) is 0 Å². The number of ether oxygens (including phenoxy) is 4. The molecule has 0 saturated heterocycles. The molecule has 4 unspecified atom stereocenters. The van der Waals surface area contributed by atoms with Crippen LogP contribution in [0.3, 0.4) is 0 Å². The van der Waals surface area contributed by atoms with Crippen LogP contribution in [0.15, 0.2) is 0 Å². The molecular weight excluding hydrogens is 1150 g/mol. The molecule has 0 heterocycles. The van der Waals surface area contributed by atoms with E-state index >= 15 is 0 Å². The van der Waals surface area contributed by atoms with Crippen LogP contribution in [-0.4, -0.2) is 96.7 Å². The van der Waals surface area contributed by atoms with Crippen molar-refractivity contribution in [2.75, 3.05) is 39.6 Å². The second-order valence-electron chi connectivity index (χ2n) is 26.0. The largest absolute Gasteiger partial charge is 0.472 e. The van der Waals surface area contributed by atoms with Crippen molar-refractivity contribution < 1.29 is 80.2 Å². The van der Waals surface area contributed by atoms with Crippen LogP contribution in [0.5, 0.6) is 0 Å². The molecule has 3 N–H and O–H groups in total. The number of esters is 4. The van der Waals surface area contributed by atoms with Crippen molar-refractivity contribution in [3.05, 3.63) is 0 Å². The highest BCUT2D eigenvalue weighted by atomic mass is 31.2. The molecule has 0 aliphatic carbocycles. The van der Waals surface area contributed by atoms with E-state index in [-0.39, 0.29) is 25.7 Å². The maximum atomic E-state index is 13.0. The van der Waals surface area contributed by atoms with Gasteiger partial charge in [0.05, 0.1) is 26.4 Å². The summed E-state index contributed by atoms with van der Waals surface area (Å²) in [5, 5.41) is 10.6. The number of rotatable bonds is 65. The number of hydrogen-bond acceptors (Lipinski definition) is 15. The standard InChI is InChI=1S/C68H132O17P2/c1-9-60(7)46-38-30-24-26-33-41-49-66(71)79-55-64(85-68(73)51-43-35-27-25-31-39-47-61(8)10-2)57-83-87(76,77)81-53-62(69)52-80-86(74,75)82-56-63(84-67(72)50-42-34-23-19-15-17-21-29-37-45-59(5)6)54-78-65(70)48-40-32-22-18-14-12-11-13-16-20-28-36-44-58(3)4/h58-64,69H,9-57H2,1-8H3,(H,74,75)(H,76,77)/t60?,61?,62-,63-,64-/m1/s1. The molecule has 0 aromatic heterocycles.